The zero-order valence-electron chi connectivity index (χ0n) is 29.3. The van der Waals surface area contributed by atoms with Gasteiger partial charge in [0, 0.05) is 37.3 Å². The molecule has 51 heavy (non-hydrogen) atoms. The number of aliphatic imine (C=N–C) groups is 1. The normalized spacial score (nSPS) is 22.0. The number of allylic oxidation sites excluding steroid dienone is 2. The number of guanidine groups is 1. The molecule has 11 heteroatoms. The Hall–Kier alpha value is -4.74. The minimum absolute atomic E-state index is 0.0239. The van der Waals surface area contributed by atoms with Crippen LogP contribution in [0.2, 0.25) is 0 Å². The second-order valence-electron chi connectivity index (χ2n) is 14.3. The molecule has 0 amide bonds. The molecule has 2 aromatic carbocycles. The first-order valence-corrected chi connectivity index (χ1v) is 18.0. The smallest absolute Gasteiger partial charge is 0.328 e. The van der Waals surface area contributed by atoms with Gasteiger partial charge in [-0.15, -0.1) is 0 Å². The number of nitrogens with one attached hydrogen (secondary N) is 2. The van der Waals surface area contributed by atoms with E-state index < -0.39 is 18.1 Å². The number of benzene rings is 2. The van der Waals surface area contributed by atoms with Gasteiger partial charge in [0.2, 0.25) is 0 Å². The number of nitrogens with zero attached hydrogens (tertiary/aromatic N) is 1. The number of hydrogen-bond acceptors (Lipinski definition) is 7. The quantitative estimate of drug-likeness (QED) is 0.0307. The number of fused-ring (bicyclic) bond motifs is 5. The van der Waals surface area contributed by atoms with Crippen LogP contribution in [-0.4, -0.2) is 64.4 Å². The zero-order chi connectivity index (χ0) is 36.5. The predicted molar refractivity (Wildman–Crippen MR) is 201 cm³/mol. The third-order valence-corrected chi connectivity index (χ3v) is 10.7. The van der Waals surface area contributed by atoms with Crippen LogP contribution in [0, 0.1) is 23.7 Å². The summed E-state index contributed by atoms with van der Waals surface area (Å²) in [4.78, 5) is 42.5. The molecule has 0 fully saturated rings. The van der Waals surface area contributed by atoms with Crippen molar-refractivity contribution < 1.29 is 24.6 Å². The molecule has 0 spiro atoms. The van der Waals surface area contributed by atoms with Crippen molar-refractivity contribution in [3.8, 4) is 0 Å². The van der Waals surface area contributed by atoms with Gasteiger partial charge >= 0.3 is 5.97 Å². The van der Waals surface area contributed by atoms with Gasteiger partial charge in [-0.05, 0) is 114 Å². The summed E-state index contributed by atoms with van der Waals surface area (Å²) >= 11 is 0. The van der Waals surface area contributed by atoms with Crippen molar-refractivity contribution in [1.82, 2.24) is 4.98 Å². The first-order valence-electron chi connectivity index (χ1n) is 18.0. The van der Waals surface area contributed by atoms with E-state index in [1.165, 1.54) is 17.2 Å². The highest BCUT2D eigenvalue weighted by atomic mass is 16.4. The highest BCUT2D eigenvalue weighted by molar-refractivity contribution is 5.86. The second-order valence-corrected chi connectivity index (χ2v) is 14.3. The fourth-order valence-corrected chi connectivity index (χ4v) is 8.22. The summed E-state index contributed by atoms with van der Waals surface area (Å²) in [6, 6.07) is 13.3. The van der Waals surface area contributed by atoms with Crippen LogP contribution in [0.3, 0.4) is 0 Å². The standard InChI is InChI=1S/C40H52N6O5/c1-24(23-49)4-10-31(41)11-9-26-7-8-28-19-30-18-27-6-5-25(12-15-47)17-29(27)20-32(30)39(26)33(28)21-36(45-37-3-2-14-44-37)34(22-38(50)51)35(13-16-48)46-40(42)43/h2-3,5-8,14-15,17-18,20,22-24,26,28,31,33,35-36,39,44-45,48H,4,9-13,16,19,21,41H2,1H3,(H,50,51)(H4,42,43,46)/b34-22+/t24-,26-,28+,31-,33-,35-,36+,39-/m0/s1. The molecular weight excluding hydrogens is 644 g/mol. The molecule has 5 rings (SSSR count). The van der Waals surface area contributed by atoms with Crippen LogP contribution < -0.4 is 22.5 Å². The lowest BCUT2D eigenvalue weighted by molar-refractivity contribution is -0.131. The van der Waals surface area contributed by atoms with Gasteiger partial charge < -0.3 is 47.3 Å². The van der Waals surface area contributed by atoms with Gasteiger partial charge in [0.05, 0.1) is 12.1 Å². The highest BCUT2D eigenvalue weighted by Crippen LogP contribution is 2.52. The molecule has 0 saturated carbocycles. The van der Waals surface area contributed by atoms with E-state index in [2.05, 4.69) is 51.7 Å². The third-order valence-electron chi connectivity index (χ3n) is 10.7. The fourth-order valence-electron chi connectivity index (χ4n) is 8.22. The number of aldehydes is 2. The number of aliphatic hydroxyl groups excluding tert-OH is 1. The van der Waals surface area contributed by atoms with Crippen molar-refractivity contribution in [2.75, 3.05) is 11.9 Å². The average molecular weight is 697 g/mol. The first kappa shape index (κ1) is 37.5. The number of carboxylic acids is 1. The van der Waals surface area contributed by atoms with Crippen LogP contribution in [0.4, 0.5) is 5.82 Å². The maximum Gasteiger partial charge on any atom is 0.328 e. The van der Waals surface area contributed by atoms with Crippen molar-refractivity contribution in [3.63, 3.8) is 0 Å². The molecule has 1 aromatic heterocycles. The van der Waals surface area contributed by atoms with E-state index in [0.717, 1.165) is 66.8 Å². The zero-order valence-corrected chi connectivity index (χ0v) is 29.3. The molecule has 1 heterocycles. The molecule has 0 saturated heterocycles. The molecular formula is C40H52N6O5. The third kappa shape index (κ3) is 9.53. The molecule has 0 aliphatic heterocycles. The van der Waals surface area contributed by atoms with Crippen molar-refractivity contribution in [2.45, 2.75) is 82.3 Å². The number of aromatic amines is 1. The number of carbonyl (C=O) groups excluding carboxylic acids is 2. The number of aromatic nitrogens is 1. The number of aliphatic hydroxyl groups is 1. The van der Waals surface area contributed by atoms with Gasteiger partial charge in [0.25, 0.3) is 0 Å². The summed E-state index contributed by atoms with van der Waals surface area (Å²) in [5.74, 6) is -0.0551. The number of anilines is 1. The summed E-state index contributed by atoms with van der Waals surface area (Å²) in [6.07, 6.45) is 14.7. The topological polar surface area (TPSA) is 210 Å². The lowest BCUT2D eigenvalue weighted by Gasteiger charge is -2.47. The van der Waals surface area contributed by atoms with E-state index in [4.69, 9.17) is 17.2 Å². The molecule has 3 aromatic rings. The molecule has 2 aliphatic carbocycles. The van der Waals surface area contributed by atoms with Gasteiger partial charge in [0.1, 0.15) is 18.4 Å². The number of hydrogen-bond donors (Lipinski definition) is 7. The number of rotatable bonds is 19. The van der Waals surface area contributed by atoms with Crippen molar-refractivity contribution in [1.29, 1.82) is 0 Å². The maximum atomic E-state index is 12.3. The van der Waals surface area contributed by atoms with E-state index in [9.17, 15) is 24.6 Å². The summed E-state index contributed by atoms with van der Waals surface area (Å²) in [7, 11) is 0. The van der Waals surface area contributed by atoms with Crippen LogP contribution in [0.5, 0.6) is 0 Å². The SMILES string of the molecule is C[C@H](C=O)CC[C@H](N)CC[C@@H]1C=C[C@@H]2Cc3cc4ccc(CC=O)cc4cc3[C@H]1[C@H]2C[C@@H](Nc1ccc[nH]1)/C(=C/C(=O)O)[C@H](CCO)N=C(N)N. The van der Waals surface area contributed by atoms with Crippen LogP contribution in [-0.2, 0) is 27.2 Å². The Labute approximate surface area is 299 Å². The molecule has 0 radical (unpaired) electrons. The number of nitrogens with two attached hydrogens (primary N) is 3. The molecule has 0 unspecified atom stereocenters. The maximum absolute atomic E-state index is 12.3. The van der Waals surface area contributed by atoms with Gasteiger partial charge in [-0.25, -0.2) is 9.79 Å². The van der Waals surface area contributed by atoms with E-state index in [-0.39, 0.29) is 54.6 Å². The Morgan fingerprint density at radius 3 is 2.59 bits per heavy atom. The number of carbonyl (C=O) groups is 3. The lowest BCUT2D eigenvalue weighted by Crippen LogP contribution is -2.41. The molecule has 10 N–H and O–H groups in total. The summed E-state index contributed by atoms with van der Waals surface area (Å²) in [5.41, 5.74) is 22.3. The minimum atomic E-state index is -1.13. The Morgan fingerprint density at radius 2 is 1.90 bits per heavy atom. The molecule has 11 nitrogen and oxygen atoms in total. The van der Waals surface area contributed by atoms with E-state index in [1.807, 2.05) is 25.1 Å². The van der Waals surface area contributed by atoms with Gasteiger partial charge in [-0.2, -0.15) is 0 Å². The minimum Gasteiger partial charge on any atom is -0.478 e. The van der Waals surface area contributed by atoms with Crippen molar-refractivity contribution in [3.05, 3.63) is 89.2 Å². The monoisotopic (exact) mass is 696 g/mol. The van der Waals surface area contributed by atoms with Crippen LogP contribution in [0.1, 0.15) is 68.1 Å². The Kier molecular flexibility index (Phi) is 12.8. The van der Waals surface area contributed by atoms with Crippen molar-refractivity contribution in [2.24, 2.45) is 45.9 Å². The van der Waals surface area contributed by atoms with Crippen LogP contribution >= 0.6 is 0 Å². The van der Waals surface area contributed by atoms with E-state index >= 15 is 0 Å². The molecule has 272 valence electrons. The van der Waals surface area contributed by atoms with Crippen LogP contribution in [0.15, 0.2) is 77.5 Å². The predicted octanol–water partition coefficient (Wildman–Crippen LogP) is 4.60. The second kappa shape index (κ2) is 17.5. The van der Waals surface area contributed by atoms with Crippen molar-refractivity contribution >= 4 is 41.1 Å². The Morgan fingerprint density at radius 1 is 1.08 bits per heavy atom. The Bertz CT molecular complexity index is 1750. The highest BCUT2D eigenvalue weighted by Gasteiger charge is 2.43. The lowest BCUT2D eigenvalue weighted by atomic mass is 9.58. The summed E-state index contributed by atoms with van der Waals surface area (Å²) < 4.78 is 0. The molecule has 2 bridgehead atoms. The van der Waals surface area contributed by atoms with Crippen LogP contribution in [0.25, 0.3) is 10.8 Å². The number of H-pyrrole nitrogens is 1. The summed E-state index contributed by atoms with van der Waals surface area (Å²) in [6.45, 7) is 1.69. The number of carboxylic acid groups (broad SMARTS) is 1. The molecule has 8 atom stereocenters. The summed E-state index contributed by atoms with van der Waals surface area (Å²) in [5, 5.41) is 25.8. The van der Waals surface area contributed by atoms with Gasteiger partial charge in [-0.3, -0.25) is 0 Å². The van der Waals surface area contributed by atoms with E-state index in [0.29, 0.717) is 18.4 Å². The largest absolute Gasteiger partial charge is 0.478 e. The number of aliphatic carboxylic acids is 1. The Balaban J connectivity index is 1.58. The first-order chi connectivity index (χ1) is 24.6. The fraction of sp³-hybridized carbons (Fsp3) is 0.450. The van der Waals surface area contributed by atoms with Gasteiger partial charge in [0.15, 0.2) is 5.96 Å². The van der Waals surface area contributed by atoms with E-state index in [1.54, 1.807) is 6.20 Å². The average Bonchev–Trinajstić information content (AvgIpc) is 3.61. The van der Waals surface area contributed by atoms with Gasteiger partial charge in [-0.1, -0.05) is 49.4 Å². The molecule has 2 aliphatic rings.